The van der Waals surface area contributed by atoms with Crippen molar-refractivity contribution in [2.24, 2.45) is 0 Å². The van der Waals surface area contributed by atoms with Gasteiger partial charge < -0.3 is 4.79 Å². The third-order valence-corrected chi connectivity index (χ3v) is 1.86. The predicted octanol–water partition coefficient (Wildman–Crippen LogP) is -0.797. The number of likely N-dealkylation sites (tertiary alicyclic amines) is 1. The highest BCUT2D eigenvalue weighted by molar-refractivity contribution is 6.04. The molecule has 5 nitrogen and oxygen atoms in total. The average Bonchev–Trinajstić information content (AvgIpc) is 2.43. The summed E-state index contributed by atoms with van der Waals surface area (Å²) in [5.41, 5.74) is 0. The van der Waals surface area contributed by atoms with E-state index < -0.39 is 17.9 Å². The van der Waals surface area contributed by atoms with E-state index >= 15 is 0 Å². The zero-order chi connectivity index (χ0) is 9.84. The van der Waals surface area contributed by atoms with E-state index in [4.69, 9.17) is 0 Å². The number of imide groups is 1. The van der Waals surface area contributed by atoms with E-state index in [2.05, 4.69) is 0 Å². The minimum absolute atomic E-state index is 0.121. The standard InChI is InChI=1S/C8H8NO4/c10-4-3-6(5-11)9-7(12)1-2-8(9)13/h4,6H,1-3H2. The smallest absolute Gasteiger partial charge is 0.230 e. The van der Waals surface area contributed by atoms with Crippen molar-refractivity contribution in [2.75, 3.05) is 0 Å². The molecule has 0 N–H and O–H groups in total. The van der Waals surface area contributed by atoms with E-state index in [1.807, 2.05) is 0 Å². The van der Waals surface area contributed by atoms with Crippen LogP contribution in [0.25, 0.3) is 0 Å². The third kappa shape index (κ3) is 1.80. The fraction of sp³-hybridized carbons (Fsp3) is 0.500. The van der Waals surface area contributed by atoms with Crippen LogP contribution in [0.15, 0.2) is 0 Å². The van der Waals surface area contributed by atoms with Crippen LogP contribution in [0.1, 0.15) is 19.3 Å². The van der Waals surface area contributed by atoms with Gasteiger partial charge in [-0.15, -0.1) is 0 Å². The molecule has 0 aromatic rings. The summed E-state index contributed by atoms with van der Waals surface area (Å²) in [6, 6.07) is -1.03. The lowest BCUT2D eigenvalue weighted by atomic mass is 10.2. The van der Waals surface area contributed by atoms with Gasteiger partial charge in [0.25, 0.3) is 0 Å². The van der Waals surface area contributed by atoms with Crippen molar-refractivity contribution < 1.29 is 19.2 Å². The van der Waals surface area contributed by atoms with Crippen molar-refractivity contribution in [3.05, 3.63) is 0 Å². The van der Waals surface area contributed by atoms with Gasteiger partial charge in [0, 0.05) is 19.3 Å². The molecule has 0 aliphatic carbocycles. The predicted molar refractivity (Wildman–Crippen MR) is 41.2 cm³/mol. The van der Waals surface area contributed by atoms with Crippen LogP contribution >= 0.6 is 0 Å². The van der Waals surface area contributed by atoms with E-state index in [0.717, 1.165) is 4.90 Å². The summed E-state index contributed by atoms with van der Waals surface area (Å²) in [6.07, 6.45) is 2.08. The molecule has 1 heterocycles. The fourth-order valence-electron chi connectivity index (χ4n) is 1.24. The van der Waals surface area contributed by atoms with Crippen molar-refractivity contribution in [3.8, 4) is 0 Å². The highest BCUT2D eigenvalue weighted by atomic mass is 16.2. The van der Waals surface area contributed by atoms with Gasteiger partial charge in [0.15, 0.2) is 0 Å². The van der Waals surface area contributed by atoms with Crippen LogP contribution in [-0.2, 0) is 19.2 Å². The van der Waals surface area contributed by atoms with Gasteiger partial charge in [-0.25, -0.2) is 0 Å². The maximum absolute atomic E-state index is 11.1. The quantitative estimate of drug-likeness (QED) is 0.421. The molecule has 13 heavy (non-hydrogen) atoms. The summed E-state index contributed by atoms with van der Waals surface area (Å²) in [7, 11) is 0. The first kappa shape index (κ1) is 9.57. The SMILES string of the molecule is O=[C]C(CC=O)N1C(=O)CCC1=O. The largest absolute Gasteiger partial charge is 0.303 e. The maximum Gasteiger partial charge on any atom is 0.230 e. The highest BCUT2D eigenvalue weighted by Crippen LogP contribution is 2.15. The lowest BCUT2D eigenvalue weighted by Gasteiger charge is -2.17. The number of amides is 2. The van der Waals surface area contributed by atoms with Crippen LogP contribution in [0.3, 0.4) is 0 Å². The van der Waals surface area contributed by atoms with Crippen molar-refractivity contribution >= 4 is 24.4 Å². The molecular formula is C8H8NO4. The molecule has 1 unspecified atom stereocenters. The van der Waals surface area contributed by atoms with Crippen LogP contribution in [0.2, 0.25) is 0 Å². The minimum atomic E-state index is -1.03. The second-order valence-corrected chi connectivity index (χ2v) is 2.69. The molecular weight excluding hydrogens is 174 g/mol. The minimum Gasteiger partial charge on any atom is -0.303 e. The van der Waals surface area contributed by atoms with Crippen molar-refractivity contribution in [2.45, 2.75) is 25.3 Å². The lowest BCUT2D eigenvalue weighted by molar-refractivity contribution is -0.139. The Kier molecular flexibility index (Phi) is 2.89. The second kappa shape index (κ2) is 3.93. The molecule has 1 saturated heterocycles. The topological polar surface area (TPSA) is 71.5 Å². The molecule has 0 bridgehead atoms. The number of rotatable bonds is 4. The van der Waals surface area contributed by atoms with Crippen LogP contribution in [0, 0.1) is 0 Å². The number of nitrogens with zero attached hydrogens (tertiary/aromatic N) is 1. The Morgan fingerprint density at radius 3 is 2.31 bits per heavy atom. The Labute approximate surface area is 74.7 Å². The Hall–Kier alpha value is -1.52. The first-order valence-corrected chi connectivity index (χ1v) is 3.87. The average molecular weight is 182 g/mol. The van der Waals surface area contributed by atoms with Crippen molar-refractivity contribution in [1.82, 2.24) is 4.90 Å². The summed E-state index contributed by atoms with van der Waals surface area (Å²) < 4.78 is 0. The van der Waals surface area contributed by atoms with E-state index in [-0.39, 0.29) is 19.3 Å². The van der Waals surface area contributed by atoms with Crippen LogP contribution in [0.4, 0.5) is 0 Å². The van der Waals surface area contributed by atoms with E-state index in [1.54, 1.807) is 0 Å². The zero-order valence-electron chi connectivity index (χ0n) is 6.86. The number of carbonyl (C=O) groups excluding carboxylic acids is 4. The first-order chi connectivity index (χ1) is 6.20. The second-order valence-electron chi connectivity index (χ2n) is 2.69. The van der Waals surface area contributed by atoms with E-state index in [9.17, 15) is 19.2 Å². The molecule has 0 aromatic carbocycles. The summed E-state index contributed by atoms with van der Waals surface area (Å²) in [4.78, 5) is 43.4. The van der Waals surface area contributed by atoms with Gasteiger partial charge in [-0.1, -0.05) is 0 Å². The molecule has 0 aromatic heterocycles. The Bertz CT molecular complexity index is 245. The van der Waals surface area contributed by atoms with Crippen molar-refractivity contribution in [1.29, 1.82) is 0 Å². The fourth-order valence-corrected chi connectivity index (χ4v) is 1.24. The van der Waals surface area contributed by atoms with Gasteiger partial charge >= 0.3 is 0 Å². The van der Waals surface area contributed by atoms with Gasteiger partial charge in [-0.05, 0) is 0 Å². The Morgan fingerprint density at radius 2 is 1.92 bits per heavy atom. The Morgan fingerprint density at radius 1 is 1.38 bits per heavy atom. The summed E-state index contributed by atoms with van der Waals surface area (Å²) in [5, 5.41) is 0. The Balaban J connectivity index is 2.76. The monoisotopic (exact) mass is 182 g/mol. The molecule has 1 rings (SSSR count). The zero-order valence-corrected chi connectivity index (χ0v) is 6.86. The van der Waals surface area contributed by atoms with Crippen LogP contribution in [0.5, 0.6) is 0 Å². The normalized spacial score (nSPS) is 18.9. The van der Waals surface area contributed by atoms with Crippen molar-refractivity contribution in [3.63, 3.8) is 0 Å². The molecule has 0 spiro atoms. The molecule has 1 radical (unpaired) electrons. The number of aldehydes is 1. The first-order valence-electron chi connectivity index (χ1n) is 3.87. The molecule has 1 atom stereocenters. The lowest BCUT2D eigenvalue weighted by Crippen LogP contribution is -2.40. The van der Waals surface area contributed by atoms with Crippen LogP contribution in [-0.4, -0.2) is 35.3 Å². The van der Waals surface area contributed by atoms with Gasteiger partial charge in [-0.2, -0.15) is 0 Å². The molecule has 5 heteroatoms. The highest BCUT2D eigenvalue weighted by Gasteiger charge is 2.34. The molecule has 1 fully saturated rings. The van der Waals surface area contributed by atoms with Crippen LogP contribution < -0.4 is 0 Å². The summed E-state index contributed by atoms with van der Waals surface area (Å²) in [5.74, 6) is -0.805. The maximum atomic E-state index is 11.1. The van der Waals surface area contributed by atoms with Gasteiger partial charge in [0.2, 0.25) is 18.1 Å². The molecule has 1 aliphatic heterocycles. The number of hydrogen-bond donors (Lipinski definition) is 0. The summed E-state index contributed by atoms with van der Waals surface area (Å²) >= 11 is 0. The van der Waals surface area contributed by atoms with Gasteiger partial charge in [-0.3, -0.25) is 19.3 Å². The summed E-state index contributed by atoms with van der Waals surface area (Å²) in [6.45, 7) is 0. The van der Waals surface area contributed by atoms with E-state index in [0.29, 0.717) is 6.29 Å². The molecule has 0 saturated carbocycles. The number of carbonyl (C=O) groups is 3. The van der Waals surface area contributed by atoms with Gasteiger partial charge in [0.05, 0.1) is 0 Å². The molecule has 2 amide bonds. The number of hydrogen-bond acceptors (Lipinski definition) is 4. The molecule has 69 valence electrons. The van der Waals surface area contributed by atoms with Gasteiger partial charge in [0.1, 0.15) is 12.3 Å². The van der Waals surface area contributed by atoms with E-state index in [1.165, 1.54) is 6.29 Å². The third-order valence-electron chi connectivity index (χ3n) is 1.86. The molecule has 1 aliphatic rings.